The molecule has 0 saturated carbocycles. The van der Waals surface area contributed by atoms with E-state index in [0.717, 1.165) is 39.7 Å². The van der Waals surface area contributed by atoms with E-state index in [1.807, 2.05) is 13.0 Å². The average Bonchev–Trinajstić information content (AvgIpc) is 2.57. The van der Waals surface area contributed by atoms with Gasteiger partial charge in [-0.1, -0.05) is 13.0 Å². The second-order valence-corrected chi connectivity index (χ2v) is 4.08. The van der Waals surface area contributed by atoms with E-state index in [1.165, 1.54) is 6.07 Å². The van der Waals surface area contributed by atoms with Crippen molar-refractivity contribution in [3.05, 3.63) is 34.5 Å². The molecule has 0 amide bonds. The molecule has 0 bridgehead atoms. The van der Waals surface area contributed by atoms with Crippen LogP contribution in [0.25, 0.3) is 10.1 Å². The monoisotopic (exact) mass is 208 g/mol. The van der Waals surface area contributed by atoms with E-state index in [1.54, 1.807) is 6.07 Å². The Labute approximate surface area is 85.2 Å². The van der Waals surface area contributed by atoms with Crippen LogP contribution >= 0.6 is 11.3 Å². The number of fused-ring (bicyclic) bond motifs is 1. The zero-order valence-corrected chi connectivity index (χ0v) is 8.53. The zero-order chi connectivity index (χ0) is 10.1. The maximum absolute atomic E-state index is 13.1. The van der Waals surface area contributed by atoms with Gasteiger partial charge in [0, 0.05) is 10.3 Å². The van der Waals surface area contributed by atoms with Crippen LogP contribution in [0.15, 0.2) is 18.2 Å². The van der Waals surface area contributed by atoms with Crippen molar-refractivity contribution in [2.75, 3.05) is 0 Å². The first kappa shape index (κ1) is 9.34. The fourth-order valence-electron chi connectivity index (χ4n) is 1.57. The van der Waals surface area contributed by atoms with Crippen LogP contribution < -0.4 is 0 Å². The van der Waals surface area contributed by atoms with Crippen LogP contribution in [0.4, 0.5) is 4.39 Å². The minimum Gasteiger partial charge on any atom is -0.298 e. The van der Waals surface area contributed by atoms with Crippen LogP contribution in [0.5, 0.6) is 0 Å². The molecule has 3 heteroatoms. The third-order valence-electron chi connectivity index (χ3n) is 2.28. The molecule has 0 fully saturated rings. The number of aryl methyl sites for hydroxylation is 1. The summed E-state index contributed by atoms with van der Waals surface area (Å²) in [5.41, 5.74) is 1.66. The first-order valence-corrected chi connectivity index (χ1v) is 5.24. The second kappa shape index (κ2) is 3.50. The van der Waals surface area contributed by atoms with E-state index < -0.39 is 0 Å². The van der Waals surface area contributed by atoms with E-state index in [-0.39, 0.29) is 5.13 Å². The van der Waals surface area contributed by atoms with Crippen LogP contribution in [-0.4, -0.2) is 6.29 Å². The van der Waals surface area contributed by atoms with Gasteiger partial charge in [0.2, 0.25) is 0 Å². The summed E-state index contributed by atoms with van der Waals surface area (Å²) in [6, 6.07) is 5.15. The molecule has 72 valence electrons. The second-order valence-electron chi connectivity index (χ2n) is 3.08. The highest BCUT2D eigenvalue weighted by atomic mass is 32.1. The molecule has 0 saturated heterocycles. The van der Waals surface area contributed by atoms with Gasteiger partial charge in [0.1, 0.15) is 0 Å². The van der Waals surface area contributed by atoms with E-state index >= 15 is 0 Å². The van der Waals surface area contributed by atoms with Crippen molar-refractivity contribution in [1.82, 2.24) is 0 Å². The molecule has 0 aliphatic heterocycles. The van der Waals surface area contributed by atoms with Gasteiger partial charge in [0.05, 0.1) is 0 Å². The standard InChI is InChI=1S/C11H9FOS/c1-2-7-3-4-8(6-13)11-9(7)5-10(12)14-11/h3-6H,2H2,1H3. The largest absolute Gasteiger partial charge is 0.298 e. The minimum absolute atomic E-state index is 0.232. The number of halogens is 1. The number of thiophene rings is 1. The van der Waals surface area contributed by atoms with Crippen molar-refractivity contribution in [3.8, 4) is 0 Å². The Morgan fingerprint density at radius 1 is 1.50 bits per heavy atom. The summed E-state index contributed by atoms with van der Waals surface area (Å²) in [5.74, 6) is 0. The summed E-state index contributed by atoms with van der Waals surface area (Å²) >= 11 is 1.03. The van der Waals surface area contributed by atoms with Gasteiger partial charge in [-0.05, 0) is 29.5 Å². The van der Waals surface area contributed by atoms with Gasteiger partial charge < -0.3 is 0 Å². The maximum atomic E-state index is 13.1. The van der Waals surface area contributed by atoms with E-state index in [0.29, 0.717) is 5.56 Å². The molecule has 14 heavy (non-hydrogen) atoms. The maximum Gasteiger partial charge on any atom is 0.177 e. The van der Waals surface area contributed by atoms with Crippen molar-refractivity contribution in [3.63, 3.8) is 0 Å². The van der Waals surface area contributed by atoms with E-state index in [2.05, 4.69) is 0 Å². The summed E-state index contributed by atoms with van der Waals surface area (Å²) in [6.07, 6.45) is 1.63. The number of carbonyl (C=O) groups excluding carboxylic acids is 1. The van der Waals surface area contributed by atoms with Crippen LogP contribution in [0.2, 0.25) is 0 Å². The summed E-state index contributed by atoms with van der Waals surface area (Å²) in [6.45, 7) is 2.02. The Bertz CT molecular complexity index is 487. The molecule has 1 heterocycles. The minimum atomic E-state index is -0.232. The predicted molar refractivity (Wildman–Crippen MR) is 56.5 cm³/mol. The fourth-order valence-corrected chi connectivity index (χ4v) is 2.48. The molecule has 0 aliphatic rings. The molecule has 0 aliphatic carbocycles. The molecule has 0 atom stereocenters. The molecule has 2 rings (SSSR count). The van der Waals surface area contributed by atoms with Gasteiger partial charge in [-0.15, -0.1) is 11.3 Å². The lowest BCUT2D eigenvalue weighted by Crippen LogP contribution is -1.85. The first-order valence-electron chi connectivity index (χ1n) is 4.42. The van der Waals surface area contributed by atoms with Gasteiger partial charge in [-0.3, -0.25) is 4.79 Å². The molecular weight excluding hydrogens is 199 g/mol. The molecule has 0 spiro atoms. The molecule has 2 aromatic rings. The molecule has 1 nitrogen and oxygen atoms in total. The van der Waals surface area contributed by atoms with Crippen LogP contribution in [0.3, 0.4) is 0 Å². The van der Waals surface area contributed by atoms with Crippen molar-refractivity contribution < 1.29 is 9.18 Å². The Kier molecular flexibility index (Phi) is 2.33. The Balaban J connectivity index is 2.83. The van der Waals surface area contributed by atoms with Crippen molar-refractivity contribution in [2.24, 2.45) is 0 Å². The third kappa shape index (κ3) is 1.34. The van der Waals surface area contributed by atoms with Crippen LogP contribution in [-0.2, 0) is 6.42 Å². The number of aldehydes is 1. The van der Waals surface area contributed by atoms with Crippen molar-refractivity contribution in [1.29, 1.82) is 0 Å². The molecule has 1 aromatic heterocycles. The smallest absolute Gasteiger partial charge is 0.177 e. The number of rotatable bonds is 2. The highest BCUT2D eigenvalue weighted by Gasteiger charge is 2.08. The summed E-state index contributed by atoms with van der Waals surface area (Å²) < 4.78 is 13.8. The first-order chi connectivity index (χ1) is 6.76. The third-order valence-corrected chi connectivity index (χ3v) is 3.25. The van der Waals surface area contributed by atoms with Crippen molar-refractivity contribution in [2.45, 2.75) is 13.3 Å². The lowest BCUT2D eigenvalue weighted by Gasteiger charge is -2.00. The highest BCUT2D eigenvalue weighted by Crippen LogP contribution is 2.30. The highest BCUT2D eigenvalue weighted by molar-refractivity contribution is 7.17. The Hall–Kier alpha value is -1.22. The topological polar surface area (TPSA) is 17.1 Å². The average molecular weight is 208 g/mol. The number of carbonyl (C=O) groups is 1. The fraction of sp³-hybridized carbons (Fsp3) is 0.182. The van der Waals surface area contributed by atoms with Crippen LogP contribution in [0, 0.1) is 5.13 Å². The summed E-state index contributed by atoms with van der Waals surface area (Å²) in [5, 5.41) is 0.642. The zero-order valence-electron chi connectivity index (χ0n) is 7.71. The number of hydrogen-bond acceptors (Lipinski definition) is 2. The SMILES string of the molecule is CCc1ccc(C=O)c2sc(F)cc12. The molecular formula is C11H9FOS. The Morgan fingerprint density at radius 2 is 2.29 bits per heavy atom. The molecule has 0 unspecified atom stereocenters. The number of benzene rings is 1. The quantitative estimate of drug-likeness (QED) is 0.691. The van der Waals surface area contributed by atoms with Gasteiger partial charge >= 0.3 is 0 Å². The lowest BCUT2D eigenvalue weighted by atomic mass is 10.1. The van der Waals surface area contributed by atoms with Gasteiger partial charge in [-0.25, -0.2) is 0 Å². The molecule has 0 radical (unpaired) electrons. The normalized spacial score (nSPS) is 10.7. The van der Waals surface area contributed by atoms with Crippen molar-refractivity contribution >= 4 is 27.7 Å². The predicted octanol–water partition coefficient (Wildman–Crippen LogP) is 3.42. The lowest BCUT2D eigenvalue weighted by molar-refractivity contribution is 0.112. The van der Waals surface area contributed by atoms with E-state index in [9.17, 15) is 9.18 Å². The summed E-state index contributed by atoms with van der Waals surface area (Å²) in [4.78, 5) is 10.7. The van der Waals surface area contributed by atoms with Crippen LogP contribution in [0.1, 0.15) is 22.8 Å². The van der Waals surface area contributed by atoms with Gasteiger partial charge in [0.15, 0.2) is 11.4 Å². The summed E-state index contributed by atoms with van der Waals surface area (Å²) in [7, 11) is 0. The molecule has 0 N–H and O–H groups in total. The van der Waals surface area contributed by atoms with Gasteiger partial charge in [-0.2, -0.15) is 4.39 Å². The Morgan fingerprint density at radius 3 is 2.93 bits per heavy atom. The van der Waals surface area contributed by atoms with Gasteiger partial charge in [0.25, 0.3) is 0 Å². The van der Waals surface area contributed by atoms with E-state index in [4.69, 9.17) is 0 Å². The molecule has 1 aromatic carbocycles. The number of hydrogen-bond donors (Lipinski definition) is 0.